The Morgan fingerprint density at radius 1 is 1.63 bits per heavy atom. The van der Waals surface area contributed by atoms with Crippen molar-refractivity contribution in [2.24, 2.45) is 5.73 Å². The van der Waals surface area contributed by atoms with Gasteiger partial charge in [-0.05, 0) is 0 Å². The van der Waals surface area contributed by atoms with Crippen LogP contribution in [0.5, 0.6) is 0 Å². The van der Waals surface area contributed by atoms with E-state index in [0.717, 1.165) is 0 Å². The van der Waals surface area contributed by atoms with Gasteiger partial charge in [-0.25, -0.2) is 8.42 Å². The zero-order valence-corrected chi connectivity index (χ0v) is 11.8. The molecule has 0 amide bonds. The molecule has 0 spiro atoms. The van der Waals surface area contributed by atoms with Crippen molar-refractivity contribution in [3.63, 3.8) is 0 Å². The van der Waals surface area contributed by atoms with Crippen molar-refractivity contribution in [3.05, 3.63) is 25.0 Å². The van der Waals surface area contributed by atoms with Gasteiger partial charge in [-0.2, -0.15) is 9.40 Å². The first kappa shape index (κ1) is 15.8. The third-order valence-electron chi connectivity index (χ3n) is 2.48. The monoisotopic (exact) mass is 288 g/mol. The van der Waals surface area contributed by atoms with Gasteiger partial charge in [-0.3, -0.25) is 4.68 Å². The zero-order valence-electron chi connectivity index (χ0n) is 11.0. The Hall–Kier alpha value is -1.22. The van der Waals surface area contributed by atoms with Crippen LogP contribution in [0.25, 0.3) is 0 Å². The third-order valence-corrected chi connectivity index (χ3v) is 4.30. The van der Waals surface area contributed by atoms with Gasteiger partial charge in [-0.15, -0.1) is 6.58 Å². The molecule has 8 heteroatoms. The molecule has 1 aromatic heterocycles. The van der Waals surface area contributed by atoms with Crippen LogP contribution in [0.2, 0.25) is 0 Å². The van der Waals surface area contributed by atoms with Gasteiger partial charge >= 0.3 is 0 Å². The Kier molecular flexibility index (Phi) is 6.16. The lowest BCUT2D eigenvalue weighted by Crippen LogP contribution is -2.34. The first-order chi connectivity index (χ1) is 9.06. The third kappa shape index (κ3) is 4.13. The Balaban J connectivity index is 2.93. The maximum Gasteiger partial charge on any atom is 0.246 e. The second-order valence-corrected chi connectivity index (χ2v) is 5.81. The smallest absolute Gasteiger partial charge is 0.246 e. The molecule has 0 aliphatic heterocycles. The molecule has 0 unspecified atom stereocenters. The van der Waals surface area contributed by atoms with Crippen LogP contribution in [0.15, 0.2) is 29.9 Å². The summed E-state index contributed by atoms with van der Waals surface area (Å²) in [5.41, 5.74) is 5.40. The SMILES string of the molecule is C=CCN(CCOC)S(=O)(=O)c1cnn(CCN)c1. The summed E-state index contributed by atoms with van der Waals surface area (Å²) in [6.07, 6.45) is 4.34. The van der Waals surface area contributed by atoms with Crippen LogP contribution in [0.3, 0.4) is 0 Å². The van der Waals surface area contributed by atoms with Crippen LogP contribution in [-0.4, -0.2) is 55.9 Å². The fraction of sp³-hybridized carbons (Fsp3) is 0.545. The van der Waals surface area contributed by atoms with Crippen molar-refractivity contribution < 1.29 is 13.2 Å². The fourth-order valence-electron chi connectivity index (χ4n) is 1.53. The minimum absolute atomic E-state index is 0.152. The maximum atomic E-state index is 12.4. The van der Waals surface area contributed by atoms with E-state index in [-0.39, 0.29) is 18.0 Å². The number of hydrogen-bond donors (Lipinski definition) is 1. The average Bonchev–Trinajstić information content (AvgIpc) is 2.84. The first-order valence-corrected chi connectivity index (χ1v) is 7.32. The van der Waals surface area contributed by atoms with Gasteiger partial charge in [0.05, 0.1) is 19.3 Å². The van der Waals surface area contributed by atoms with E-state index in [9.17, 15) is 8.42 Å². The number of nitrogens with two attached hydrogens (primary N) is 1. The Bertz CT molecular complexity index is 498. The molecule has 0 aliphatic carbocycles. The van der Waals surface area contributed by atoms with Gasteiger partial charge in [-0.1, -0.05) is 6.08 Å². The summed E-state index contributed by atoms with van der Waals surface area (Å²) >= 11 is 0. The summed E-state index contributed by atoms with van der Waals surface area (Å²) in [4.78, 5) is 0.152. The average molecular weight is 288 g/mol. The molecule has 2 N–H and O–H groups in total. The van der Waals surface area contributed by atoms with E-state index in [1.54, 1.807) is 0 Å². The standard InChI is InChI=1S/C11H20N4O3S/c1-3-5-15(7-8-18-2)19(16,17)11-9-13-14(10-11)6-4-12/h3,9-10H,1,4-8,12H2,2H3. The van der Waals surface area contributed by atoms with Crippen LogP contribution >= 0.6 is 0 Å². The molecule has 7 nitrogen and oxygen atoms in total. The molecule has 0 saturated carbocycles. The molecule has 1 aromatic rings. The van der Waals surface area contributed by atoms with Crippen molar-refractivity contribution in [1.29, 1.82) is 0 Å². The fourth-order valence-corrected chi connectivity index (χ4v) is 2.88. The molecule has 0 bridgehead atoms. The molecule has 0 saturated heterocycles. The maximum absolute atomic E-state index is 12.4. The number of aromatic nitrogens is 2. The molecule has 1 heterocycles. The summed E-state index contributed by atoms with van der Waals surface area (Å²) in [5.74, 6) is 0. The number of ether oxygens (including phenoxy) is 1. The van der Waals surface area contributed by atoms with Gasteiger partial charge in [0.25, 0.3) is 0 Å². The number of nitrogens with zero attached hydrogens (tertiary/aromatic N) is 3. The molecule has 0 aromatic carbocycles. The van der Waals surface area contributed by atoms with E-state index < -0.39 is 10.0 Å². The minimum Gasteiger partial charge on any atom is -0.383 e. The molecule has 19 heavy (non-hydrogen) atoms. The molecule has 0 fully saturated rings. The van der Waals surface area contributed by atoms with E-state index in [4.69, 9.17) is 10.5 Å². The number of hydrogen-bond acceptors (Lipinski definition) is 5. The Morgan fingerprint density at radius 2 is 2.37 bits per heavy atom. The van der Waals surface area contributed by atoms with Gasteiger partial charge in [0.2, 0.25) is 10.0 Å². The van der Waals surface area contributed by atoms with E-state index in [1.807, 2.05) is 0 Å². The molecular weight excluding hydrogens is 268 g/mol. The van der Waals surface area contributed by atoms with Crippen molar-refractivity contribution in [1.82, 2.24) is 14.1 Å². The van der Waals surface area contributed by atoms with Crippen LogP contribution in [0, 0.1) is 0 Å². The van der Waals surface area contributed by atoms with E-state index >= 15 is 0 Å². The highest BCUT2D eigenvalue weighted by Gasteiger charge is 2.24. The van der Waals surface area contributed by atoms with E-state index in [2.05, 4.69) is 11.7 Å². The van der Waals surface area contributed by atoms with Crippen molar-refractivity contribution in [2.75, 3.05) is 33.4 Å². The van der Waals surface area contributed by atoms with Crippen molar-refractivity contribution in [3.8, 4) is 0 Å². The lowest BCUT2D eigenvalue weighted by Gasteiger charge is -2.19. The van der Waals surface area contributed by atoms with Gasteiger partial charge in [0, 0.05) is 32.9 Å². The molecule has 0 radical (unpaired) electrons. The van der Waals surface area contributed by atoms with E-state index in [0.29, 0.717) is 19.7 Å². The Morgan fingerprint density at radius 3 is 2.95 bits per heavy atom. The second-order valence-electron chi connectivity index (χ2n) is 3.87. The highest BCUT2D eigenvalue weighted by molar-refractivity contribution is 7.89. The van der Waals surface area contributed by atoms with Gasteiger partial charge < -0.3 is 10.5 Å². The first-order valence-electron chi connectivity index (χ1n) is 5.88. The highest BCUT2D eigenvalue weighted by Crippen LogP contribution is 2.14. The molecule has 108 valence electrons. The van der Waals surface area contributed by atoms with Crippen LogP contribution in [0.4, 0.5) is 0 Å². The topological polar surface area (TPSA) is 90.5 Å². The lowest BCUT2D eigenvalue weighted by molar-refractivity contribution is 0.182. The predicted octanol–water partition coefficient (Wildman–Crippen LogP) is -0.335. The lowest BCUT2D eigenvalue weighted by atomic mass is 10.6. The van der Waals surface area contributed by atoms with Crippen molar-refractivity contribution >= 4 is 10.0 Å². The number of rotatable bonds is 9. The van der Waals surface area contributed by atoms with Crippen LogP contribution < -0.4 is 5.73 Å². The van der Waals surface area contributed by atoms with Gasteiger partial charge in [0.15, 0.2) is 0 Å². The quantitative estimate of drug-likeness (QED) is 0.628. The molecular formula is C11H20N4O3S. The number of methoxy groups -OCH3 is 1. The predicted molar refractivity (Wildman–Crippen MR) is 72.1 cm³/mol. The van der Waals surface area contributed by atoms with Crippen LogP contribution in [-0.2, 0) is 21.3 Å². The number of sulfonamides is 1. The summed E-state index contributed by atoms with van der Waals surface area (Å²) in [7, 11) is -2.05. The summed E-state index contributed by atoms with van der Waals surface area (Å²) < 4.78 is 32.5. The summed E-state index contributed by atoms with van der Waals surface area (Å²) in [6.45, 7) is 5.28. The normalized spacial score (nSPS) is 11.9. The Labute approximate surface area is 113 Å². The largest absolute Gasteiger partial charge is 0.383 e. The highest BCUT2D eigenvalue weighted by atomic mass is 32.2. The van der Waals surface area contributed by atoms with Crippen molar-refractivity contribution in [2.45, 2.75) is 11.4 Å². The summed E-state index contributed by atoms with van der Waals surface area (Å²) in [6, 6.07) is 0. The van der Waals surface area contributed by atoms with E-state index in [1.165, 1.54) is 34.6 Å². The van der Waals surface area contributed by atoms with Crippen LogP contribution in [0.1, 0.15) is 0 Å². The second kappa shape index (κ2) is 7.39. The minimum atomic E-state index is -3.58. The summed E-state index contributed by atoms with van der Waals surface area (Å²) in [5, 5.41) is 3.97. The molecule has 1 rings (SSSR count). The zero-order chi connectivity index (χ0) is 14.3. The molecule has 0 atom stereocenters. The van der Waals surface area contributed by atoms with Gasteiger partial charge in [0.1, 0.15) is 4.90 Å². The molecule has 0 aliphatic rings.